The van der Waals surface area contributed by atoms with Gasteiger partial charge in [0, 0.05) is 12.1 Å². The largest absolute Gasteiger partial charge is 0.328 e. The zero-order valence-electron chi connectivity index (χ0n) is 11.0. The van der Waals surface area contributed by atoms with Gasteiger partial charge in [-0.2, -0.15) is 0 Å². The zero-order chi connectivity index (χ0) is 11.8. The van der Waals surface area contributed by atoms with Crippen molar-refractivity contribution in [2.75, 3.05) is 0 Å². The molecule has 1 atom stereocenters. The first-order chi connectivity index (χ1) is 7.72. The Morgan fingerprint density at radius 3 is 2.38 bits per heavy atom. The quantitative estimate of drug-likeness (QED) is 0.655. The average molecular weight is 226 g/mol. The van der Waals surface area contributed by atoms with Crippen LogP contribution in [0.1, 0.15) is 71.1 Å². The van der Waals surface area contributed by atoms with Gasteiger partial charge >= 0.3 is 0 Å². The number of hydrogen-bond donors (Lipinski definition) is 2. The Morgan fingerprint density at radius 2 is 1.75 bits per heavy atom. The van der Waals surface area contributed by atoms with Gasteiger partial charge in [-0.1, -0.05) is 32.6 Å². The van der Waals surface area contributed by atoms with Crippen LogP contribution in [0.4, 0.5) is 0 Å². The van der Waals surface area contributed by atoms with Gasteiger partial charge in [-0.25, -0.2) is 0 Å². The highest BCUT2D eigenvalue weighted by Crippen LogP contribution is 2.27. The van der Waals surface area contributed by atoms with E-state index in [1.165, 1.54) is 64.2 Å². The molecule has 0 aliphatic heterocycles. The van der Waals surface area contributed by atoms with Crippen molar-refractivity contribution in [1.29, 1.82) is 0 Å². The second-order valence-corrected chi connectivity index (χ2v) is 5.61. The van der Waals surface area contributed by atoms with E-state index >= 15 is 0 Å². The molecule has 2 heteroatoms. The lowest BCUT2D eigenvalue weighted by Crippen LogP contribution is -2.26. The van der Waals surface area contributed by atoms with Crippen LogP contribution in [0.15, 0.2) is 0 Å². The highest BCUT2D eigenvalue weighted by atomic mass is 14.6. The smallest absolute Gasteiger partial charge is 0.00390 e. The van der Waals surface area contributed by atoms with E-state index in [4.69, 9.17) is 11.5 Å². The van der Waals surface area contributed by atoms with E-state index in [9.17, 15) is 0 Å². The Kier molecular flexibility index (Phi) is 7.06. The lowest BCUT2D eigenvalue weighted by atomic mass is 9.83. The van der Waals surface area contributed by atoms with Gasteiger partial charge in [0.15, 0.2) is 0 Å². The molecule has 1 unspecified atom stereocenters. The Bertz CT molecular complexity index is 162. The summed E-state index contributed by atoms with van der Waals surface area (Å²) >= 11 is 0. The molecule has 0 aromatic carbocycles. The standard InChI is InChI=1S/C14H30N2/c1-2-5-13(15)7-4-3-6-12-8-10-14(16)11-9-12/h12-14H,2-11,15-16H2,1H3. The van der Waals surface area contributed by atoms with Crippen molar-refractivity contribution in [2.24, 2.45) is 17.4 Å². The molecule has 0 spiro atoms. The Morgan fingerprint density at radius 1 is 1.06 bits per heavy atom. The first-order valence-corrected chi connectivity index (χ1v) is 7.23. The summed E-state index contributed by atoms with van der Waals surface area (Å²) in [6.07, 6.45) is 13.0. The SMILES string of the molecule is CCCC(N)CCCCC1CCC(N)CC1. The van der Waals surface area contributed by atoms with Gasteiger partial charge < -0.3 is 11.5 Å². The number of nitrogens with two attached hydrogens (primary N) is 2. The van der Waals surface area contributed by atoms with Crippen LogP contribution in [-0.4, -0.2) is 12.1 Å². The average Bonchev–Trinajstić information content (AvgIpc) is 2.27. The predicted octanol–water partition coefficient (Wildman–Crippen LogP) is 3.19. The Hall–Kier alpha value is -0.0800. The van der Waals surface area contributed by atoms with E-state index in [0.29, 0.717) is 12.1 Å². The minimum atomic E-state index is 0.449. The van der Waals surface area contributed by atoms with Crippen molar-refractivity contribution in [3.05, 3.63) is 0 Å². The number of hydrogen-bond acceptors (Lipinski definition) is 2. The summed E-state index contributed by atoms with van der Waals surface area (Å²) in [6.45, 7) is 2.21. The predicted molar refractivity (Wildman–Crippen MR) is 71.3 cm³/mol. The molecular formula is C14H30N2. The van der Waals surface area contributed by atoms with Crippen molar-refractivity contribution in [1.82, 2.24) is 0 Å². The molecule has 0 bridgehead atoms. The maximum atomic E-state index is 6.01. The van der Waals surface area contributed by atoms with Crippen LogP contribution in [0, 0.1) is 5.92 Å². The summed E-state index contributed by atoms with van der Waals surface area (Å²) in [5.41, 5.74) is 11.9. The number of rotatable bonds is 7. The van der Waals surface area contributed by atoms with Gasteiger partial charge in [0.2, 0.25) is 0 Å². The molecule has 0 saturated heterocycles. The summed E-state index contributed by atoms with van der Waals surface area (Å²) in [7, 11) is 0. The fourth-order valence-corrected chi connectivity index (χ4v) is 2.83. The molecular weight excluding hydrogens is 196 g/mol. The molecule has 0 aromatic rings. The second-order valence-electron chi connectivity index (χ2n) is 5.61. The van der Waals surface area contributed by atoms with Gasteiger partial charge in [-0.3, -0.25) is 0 Å². The fraction of sp³-hybridized carbons (Fsp3) is 1.00. The van der Waals surface area contributed by atoms with E-state index in [-0.39, 0.29) is 0 Å². The minimum absolute atomic E-state index is 0.449. The molecule has 96 valence electrons. The summed E-state index contributed by atoms with van der Waals surface area (Å²) in [4.78, 5) is 0. The van der Waals surface area contributed by atoms with E-state index in [0.717, 1.165) is 5.92 Å². The fourth-order valence-electron chi connectivity index (χ4n) is 2.83. The van der Waals surface area contributed by atoms with Crippen LogP contribution in [-0.2, 0) is 0 Å². The topological polar surface area (TPSA) is 52.0 Å². The second kappa shape index (κ2) is 8.08. The van der Waals surface area contributed by atoms with Crippen molar-refractivity contribution in [3.63, 3.8) is 0 Å². The van der Waals surface area contributed by atoms with Gasteiger partial charge in [0.1, 0.15) is 0 Å². The summed E-state index contributed by atoms with van der Waals surface area (Å²) in [5, 5.41) is 0. The highest BCUT2D eigenvalue weighted by molar-refractivity contribution is 4.74. The third-order valence-electron chi connectivity index (χ3n) is 3.99. The highest BCUT2D eigenvalue weighted by Gasteiger charge is 2.17. The van der Waals surface area contributed by atoms with E-state index in [1.54, 1.807) is 0 Å². The zero-order valence-corrected chi connectivity index (χ0v) is 11.0. The summed E-state index contributed by atoms with van der Waals surface area (Å²) in [6, 6.07) is 0.944. The first-order valence-electron chi connectivity index (χ1n) is 7.23. The van der Waals surface area contributed by atoms with Crippen molar-refractivity contribution in [3.8, 4) is 0 Å². The van der Waals surface area contributed by atoms with Gasteiger partial charge in [0.25, 0.3) is 0 Å². The Labute approximate surface area is 101 Å². The van der Waals surface area contributed by atoms with Crippen LogP contribution in [0.5, 0.6) is 0 Å². The lowest BCUT2D eigenvalue weighted by molar-refractivity contribution is 0.301. The maximum Gasteiger partial charge on any atom is 0.00390 e. The van der Waals surface area contributed by atoms with Crippen molar-refractivity contribution >= 4 is 0 Å². The van der Waals surface area contributed by atoms with Crippen LogP contribution < -0.4 is 11.5 Å². The molecule has 1 aliphatic carbocycles. The van der Waals surface area contributed by atoms with Crippen molar-refractivity contribution < 1.29 is 0 Å². The van der Waals surface area contributed by atoms with E-state index in [2.05, 4.69) is 6.92 Å². The molecule has 16 heavy (non-hydrogen) atoms. The van der Waals surface area contributed by atoms with Gasteiger partial charge in [0.05, 0.1) is 0 Å². The first kappa shape index (κ1) is 14.0. The van der Waals surface area contributed by atoms with Crippen molar-refractivity contribution in [2.45, 2.75) is 83.2 Å². The molecule has 4 N–H and O–H groups in total. The van der Waals surface area contributed by atoms with E-state index < -0.39 is 0 Å². The Balaban J connectivity index is 1.95. The summed E-state index contributed by atoms with van der Waals surface area (Å²) in [5.74, 6) is 0.960. The van der Waals surface area contributed by atoms with E-state index in [1.807, 2.05) is 0 Å². The molecule has 1 aliphatic rings. The summed E-state index contributed by atoms with van der Waals surface area (Å²) < 4.78 is 0. The third-order valence-corrected chi connectivity index (χ3v) is 3.99. The third kappa shape index (κ3) is 5.86. The molecule has 2 nitrogen and oxygen atoms in total. The normalized spacial score (nSPS) is 27.9. The minimum Gasteiger partial charge on any atom is -0.328 e. The molecule has 0 aromatic heterocycles. The molecule has 0 radical (unpaired) electrons. The van der Waals surface area contributed by atoms with Crippen LogP contribution >= 0.6 is 0 Å². The molecule has 1 saturated carbocycles. The molecule has 1 fully saturated rings. The molecule has 0 amide bonds. The molecule has 0 heterocycles. The lowest BCUT2D eigenvalue weighted by Gasteiger charge is -2.26. The maximum absolute atomic E-state index is 6.01. The van der Waals surface area contributed by atoms with Gasteiger partial charge in [-0.15, -0.1) is 0 Å². The number of unbranched alkanes of at least 4 members (excludes halogenated alkanes) is 1. The van der Waals surface area contributed by atoms with Crippen LogP contribution in [0.3, 0.4) is 0 Å². The van der Waals surface area contributed by atoms with Crippen LogP contribution in [0.2, 0.25) is 0 Å². The molecule has 1 rings (SSSR count). The van der Waals surface area contributed by atoms with Crippen LogP contribution in [0.25, 0.3) is 0 Å². The monoisotopic (exact) mass is 226 g/mol. The van der Waals surface area contributed by atoms with Gasteiger partial charge in [-0.05, 0) is 44.4 Å².